The minimum Gasteiger partial charge on any atom is -0.365 e. The van der Waals surface area contributed by atoms with E-state index < -0.39 is 0 Å². The molecule has 0 saturated carbocycles. The second-order valence-electron chi connectivity index (χ2n) is 4.80. The van der Waals surface area contributed by atoms with Gasteiger partial charge in [0.25, 0.3) is 0 Å². The SMILES string of the molecule is Cc1ccc(CC(C)Nc2nc(C)c(C)nc2Cl)s1. The van der Waals surface area contributed by atoms with Crippen LogP contribution in [0.25, 0.3) is 0 Å². The lowest BCUT2D eigenvalue weighted by Crippen LogP contribution is -2.19. The van der Waals surface area contributed by atoms with Crippen molar-refractivity contribution in [1.82, 2.24) is 9.97 Å². The maximum absolute atomic E-state index is 6.12. The van der Waals surface area contributed by atoms with E-state index in [4.69, 9.17) is 11.6 Å². The van der Waals surface area contributed by atoms with Crippen LogP contribution in [-0.2, 0) is 6.42 Å². The molecule has 5 heteroatoms. The van der Waals surface area contributed by atoms with Gasteiger partial charge in [0.2, 0.25) is 0 Å². The Hall–Kier alpha value is -1.13. The monoisotopic (exact) mass is 295 g/mol. The van der Waals surface area contributed by atoms with Crippen molar-refractivity contribution in [3.05, 3.63) is 38.4 Å². The zero-order chi connectivity index (χ0) is 14.0. The molecule has 3 nitrogen and oxygen atoms in total. The molecule has 0 fully saturated rings. The van der Waals surface area contributed by atoms with Gasteiger partial charge in [-0.05, 0) is 39.8 Å². The molecule has 0 aromatic carbocycles. The molecule has 1 unspecified atom stereocenters. The van der Waals surface area contributed by atoms with E-state index in [1.807, 2.05) is 25.2 Å². The lowest BCUT2D eigenvalue weighted by molar-refractivity contribution is 0.790. The van der Waals surface area contributed by atoms with Crippen LogP contribution < -0.4 is 5.32 Å². The Kier molecular flexibility index (Phi) is 4.42. The first-order chi connectivity index (χ1) is 8.95. The van der Waals surface area contributed by atoms with Gasteiger partial charge in [0, 0.05) is 22.2 Å². The van der Waals surface area contributed by atoms with Gasteiger partial charge < -0.3 is 5.32 Å². The molecule has 0 bridgehead atoms. The number of rotatable bonds is 4. The highest BCUT2D eigenvalue weighted by molar-refractivity contribution is 7.11. The average Bonchev–Trinajstić information content (AvgIpc) is 2.71. The van der Waals surface area contributed by atoms with E-state index in [0.29, 0.717) is 11.0 Å². The Morgan fingerprint density at radius 2 is 1.89 bits per heavy atom. The van der Waals surface area contributed by atoms with Gasteiger partial charge >= 0.3 is 0 Å². The van der Waals surface area contributed by atoms with Gasteiger partial charge in [-0.3, -0.25) is 0 Å². The molecule has 0 aliphatic carbocycles. The first-order valence-corrected chi connectivity index (χ1v) is 7.47. The predicted molar refractivity (Wildman–Crippen MR) is 82.4 cm³/mol. The molecular formula is C14H18ClN3S. The van der Waals surface area contributed by atoms with Crippen LogP contribution in [0, 0.1) is 20.8 Å². The molecule has 0 spiro atoms. The van der Waals surface area contributed by atoms with Crippen LogP contribution in [0.3, 0.4) is 0 Å². The summed E-state index contributed by atoms with van der Waals surface area (Å²) < 4.78 is 0. The van der Waals surface area contributed by atoms with Gasteiger partial charge in [-0.1, -0.05) is 11.6 Å². The van der Waals surface area contributed by atoms with Crippen molar-refractivity contribution in [3.63, 3.8) is 0 Å². The smallest absolute Gasteiger partial charge is 0.171 e. The molecule has 0 aliphatic heterocycles. The third-order valence-electron chi connectivity index (χ3n) is 2.95. The summed E-state index contributed by atoms with van der Waals surface area (Å²) in [5, 5.41) is 3.78. The maximum Gasteiger partial charge on any atom is 0.171 e. The van der Waals surface area contributed by atoms with Crippen LogP contribution in [0.1, 0.15) is 28.1 Å². The second kappa shape index (κ2) is 5.88. The number of halogens is 1. The molecule has 102 valence electrons. The highest BCUT2D eigenvalue weighted by Crippen LogP contribution is 2.21. The van der Waals surface area contributed by atoms with Crippen LogP contribution in [0.2, 0.25) is 5.15 Å². The van der Waals surface area contributed by atoms with E-state index in [1.54, 1.807) is 0 Å². The van der Waals surface area contributed by atoms with E-state index >= 15 is 0 Å². The summed E-state index contributed by atoms with van der Waals surface area (Å²) in [5.74, 6) is 0.672. The van der Waals surface area contributed by atoms with Crippen molar-refractivity contribution in [2.24, 2.45) is 0 Å². The van der Waals surface area contributed by atoms with Crippen molar-refractivity contribution >= 4 is 28.8 Å². The van der Waals surface area contributed by atoms with Crippen molar-refractivity contribution in [2.45, 2.75) is 40.2 Å². The van der Waals surface area contributed by atoms with E-state index in [1.165, 1.54) is 9.75 Å². The van der Waals surface area contributed by atoms with Crippen molar-refractivity contribution in [3.8, 4) is 0 Å². The Morgan fingerprint density at radius 3 is 2.53 bits per heavy atom. The van der Waals surface area contributed by atoms with Crippen LogP contribution in [0.4, 0.5) is 5.82 Å². The Bertz CT molecular complexity index is 580. The zero-order valence-corrected chi connectivity index (χ0v) is 13.2. The standard InChI is InChI=1S/C14H18ClN3S/c1-8(7-12-6-5-9(2)19-12)16-14-13(15)17-10(3)11(4)18-14/h5-6,8H,7H2,1-4H3,(H,16,18). The molecule has 1 atom stereocenters. The Balaban J connectivity index is 2.06. The van der Waals surface area contributed by atoms with Crippen LogP contribution >= 0.6 is 22.9 Å². The number of anilines is 1. The lowest BCUT2D eigenvalue weighted by Gasteiger charge is -2.15. The van der Waals surface area contributed by atoms with Crippen LogP contribution in [-0.4, -0.2) is 16.0 Å². The number of thiophene rings is 1. The van der Waals surface area contributed by atoms with Gasteiger partial charge in [-0.2, -0.15) is 0 Å². The largest absolute Gasteiger partial charge is 0.365 e. The summed E-state index contributed by atoms with van der Waals surface area (Å²) >= 11 is 7.95. The summed E-state index contributed by atoms with van der Waals surface area (Å²) in [7, 11) is 0. The van der Waals surface area contributed by atoms with Gasteiger partial charge in [-0.15, -0.1) is 11.3 Å². The molecule has 0 amide bonds. The van der Waals surface area contributed by atoms with E-state index in [2.05, 4.69) is 41.3 Å². The molecule has 0 saturated heterocycles. The maximum atomic E-state index is 6.12. The summed E-state index contributed by atoms with van der Waals surface area (Å²) in [6.07, 6.45) is 0.962. The van der Waals surface area contributed by atoms with Gasteiger partial charge in [0.05, 0.1) is 11.4 Å². The first-order valence-electron chi connectivity index (χ1n) is 6.28. The molecule has 19 heavy (non-hydrogen) atoms. The van der Waals surface area contributed by atoms with Gasteiger partial charge in [0.1, 0.15) is 0 Å². The summed E-state index contributed by atoms with van der Waals surface area (Å²) in [5.41, 5.74) is 1.78. The minimum atomic E-state index is 0.270. The summed E-state index contributed by atoms with van der Waals surface area (Å²) in [6, 6.07) is 4.59. The molecule has 2 rings (SSSR count). The normalized spacial score (nSPS) is 12.5. The number of hydrogen-bond donors (Lipinski definition) is 1. The first kappa shape index (κ1) is 14.3. The fourth-order valence-electron chi connectivity index (χ4n) is 1.85. The van der Waals surface area contributed by atoms with Crippen molar-refractivity contribution < 1.29 is 0 Å². The zero-order valence-electron chi connectivity index (χ0n) is 11.6. The average molecular weight is 296 g/mol. The summed E-state index contributed by atoms with van der Waals surface area (Å²) in [4.78, 5) is 11.4. The second-order valence-corrected chi connectivity index (χ2v) is 6.53. The molecule has 1 N–H and O–H groups in total. The van der Waals surface area contributed by atoms with E-state index in [9.17, 15) is 0 Å². The molecule has 2 aromatic rings. The molecule has 2 heterocycles. The number of aryl methyl sites for hydroxylation is 3. The van der Waals surface area contributed by atoms with Gasteiger partial charge in [0.15, 0.2) is 11.0 Å². The summed E-state index contributed by atoms with van der Waals surface area (Å²) in [6.45, 7) is 8.10. The molecule has 0 aliphatic rings. The Labute approximate surface area is 123 Å². The molecular weight excluding hydrogens is 278 g/mol. The number of nitrogens with one attached hydrogen (secondary N) is 1. The highest BCUT2D eigenvalue weighted by atomic mass is 35.5. The van der Waals surface area contributed by atoms with E-state index in [-0.39, 0.29) is 6.04 Å². The third kappa shape index (κ3) is 3.67. The van der Waals surface area contributed by atoms with Crippen LogP contribution in [0.15, 0.2) is 12.1 Å². The number of aromatic nitrogens is 2. The number of nitrogens with zero attached hydrogens (tertiary/aromatic N) is 2. The van der Waals surface area contributed by atoms with Crippen molar-refractivity contribution in [1.29, 1.82) is 0 Å². The fourth-order valence-corrected chi connectivity index (χ4v) is 3.09. The molecule has 2 aromatic heterocycles. The van der Waals surface area contributed by atoms with Crippen LogP contribution in [0.5, 0.6) is 0 Å². The Morgan fingerprint density at radius 1 is 1.21 bits per heavy atom. The quantitative estimate of drug-likeness (QED) is 0.920. The fraction of sp³-hybridized carbons (Fsp3) is 0.429. The topological polar surface area (TPSA) is 37.8 Å². The molecule has 0 radical (unpaired) electrons. The number of hydrogen-bond acceptors (Lipinski definition) is 4. The minimum absolute atomic E-state index is 0.270. The lowest BCUT2D eigenvalue weighted by atomic mass is 10.2. The van der Waals surface area contributed by atoms with Crippen molar-refractivity contribution in [2.75, 3.05) is 5.32 Å². The van der Waals surface area contributed by atoms with E-state index in [0.717, 1.165) is 17.8 Å². The van der Waals surface area contributed by atoms with Gasteiger partial charge in [-0.25, -0.2) is 9.97 Å². The predicted octanol–water partition coefficient (Wildman–Crippen LogP) is 4.16. The highest BCUT2D eigenvalue weighted by Gasteiger charge is 2.11. The third-order valence-corrected chi connectivity index (χ3v) is 4.24.